The Balaban J connectivity index is 1.80. The minimum atomic E-state index is 0.401. The van der Waals surface area contributed by atoms with Crippen molar-refractivity contribution < 1.29 is 4.74 Å². The summed E-state index contributed by atoms with van der Waals surface area (Å²) in [6.07, 6.45) is 1.63. The maximum absolute atomic E-state index is 5.87. The third-order valence-electron chi connectivity index (χ3n) is 2.76. The third-order valence-corrected chi connectivity index (χ3v) is 2.76. The summed E-state index contributed by atoms with van der Waals surface area (Å²) in [6, 6.07) is 8.28. The fraction of sp³-hybridized carbons (Fsp3) is 0.538. The standard InChI is InChI=1S/C13H19NO/c1-3-7-14-9-13(10-14)15-12-6-4-5-11(2)8-12/h4-6,8,13H,3,7,9-10H2,1-2H3. The Bertz CT molecular complexity index is 318. The molecule has 0 spiro atoms. The number of aryl methyl sites for hydroxylation is 1. The van der Waals surface area contributed by atoms with Crippen LogP contribution >= 0.6 is 0 Å². The average Bonchev–Trinajstić information content (AvgIpc) is 2.15. The Hall–Kier alpha value is -1.02. The fourth-order valence-electron chi connectivity index (χ4n) is 1.98. The maximum Gasteiger partial charge on any atom is 0.124 e. The second kappa shape index (κ2) is 4.67. The first-order chi connectivity index (χ1) is 7.28. The number of nitrogens with zero attached hydrogens (tertiary/aromatic N) is 1. The molecular weight excluding hydrogens is 186 g/mol. The van der Waals surface area contributed by atoms with Crippen molar-refractivity contribution in [2.75, 3.05) is 19.6 Å². The summed E-state index contributed by atoms with van der Waals surface area (Å²) in [5.74, 6) is 1.01. The first-order valence-electron chi connectivity index (χ1n) is 5.73. The zero-order valence-corrected chi connectivity index (χ0v) is 9.57. The largest absolute Gasteiger partial charge is 0.488 e. The van der Waals surface area contributed by atoms with Crippen LogP contribution in [-0.4, -0.2) is 30.6 Å². The molecule has 1 aliphatic rings. The van der Waals surface area contributed by atoms with E-state index in [9.17, 15) is 0 Å². The first kappa shape index (κ1) is 10.5. The molecule has 0 atom stereocenters. The van der Waals surface area contributed by atoms with Crippen molar-refractivity contribution in [1.82, 2.24) is 4.90 Å². The van der Waals surface area contributed by atoms with E-state index >= 15 is 0 Å². The van der Waals surface area contributed by atoms with Gasteiger partial charge in [0.2, 0.25) is 0 Å². The molecule has 0 amide bonds. The van der Waals surface area contributed by atoms with E-state index in [0.717, 1.165) is 18.8 Å². The van der Waals surface area contributed by atoms with E-state index in [2.05, 4.69) is 30.9 Å². The van der Waals surface area contributed by atoms with Gasteiger partial charge in [-0.15, -0.1) is 0 Å². The molecule has 1 fully saturated rings. The van der Waals surface area contributed by atoms with Crippen LogP contribution in [0.4, 0.5) is 0 Å². The number of hydrogen-bond acceptors (Lipinski definition) is 2. The Morgan fingerprint density at radius 3 is 2.87 bits per heavy atom. The normalized spacial score (nSPS) is 17.5. The summed E-state index contributed by atoms with van der Waals surface area (Å²) < 4.78 is 5.87. The van der Waals surface area contributed by atoms with Crippen LogP contribution in [0.25, 0.3) is 0 Å². The van der Waals surface area contributed by atoms with E-state index in [1.807, 2.05) is 12.1 Å². The SMILES string of the molecule is CCCN1CC(Oc2cccc(C)c2)C1. The molecule has 2 heteroatoms. The van der Waals surface area contributed by atoms with Gasteiger partial charge >= 0.3 is 0 Å². The molecule has 82 valence electrons. The molecule has 1 heterocycles. The molecule has 0 N–H and O–H groups in total. The first-order valence-corrected chi connectivity index (χ1v) is 5.73. The van der Waals surface area contributed by atoms with Gasteiger partial charge in [-0.3, -0.25) is 4.90 Å². The molecule has 0 aliphatic carbocycles. The summed E-state index contributed by atoms with van der Waals surface area (Å²) in [6.45, 7) is 7.68. The molecule has 2 rings (SSSR count). The van der Waals surface area contributed by atoms with E-state index in [1.165, 1.54) is 18.5 Å². The van der Waals surface area contributed by atoms with Gasteiger partial charge in [0.05, 0.1) is 0 Å². The number of ether oxygens (including phenoxy) is 1. The van der Waals surface area contributed by atoms with Crippen LogP contribution < -0.4 is 4.74 Å². The summed E-state index contributed by atoms with van der Waals surface area (Å²) in [7, 11) is 0. The van der Waals surface area contributed by atoms with Crippen molar-refractivity contribution in [1.29, 1.82) is 0 Å². The highest BCUT2D eigenvalue weighted by molar-refractivity contribution is 5.27. The minimum Gasteiger partial charge on any atom is -0.488 e. The van der Waals surface area contributed by atoms with Crippen molar-refractivity contribution in [3.05, 3.63) is 29.8 Å². The molecule has 0 bridgehead atoms. The molecule has 15 heavy (non-hydrogen) atoms. The van der Waals surface area contributed by atoms with E-state index < -0.39 is 0 Å². The van der Waals surface area contributed by atoms with Crippen LogP contribution in [0.5, 0.6) is 5.75 Å². The van der Waals surface area contributed by atoms with Gasteiger partial charge < -0.3 is 4.74 Å². The van der Waals surface area contributed by atoms with Crippen molar-refractivity contribution >= 4 is 0 Å². The van der Waals surface area contributed by atoms with E-state index in [-0.39, 0.29) is 0 Å². The summed E-state index contributed by atoms with van der Waals surface area (Å²) in [5.41, 5.74) is 1.26. The number of rotatable bonds is 4. The molecule has 2 nitrogen and oxygen atoms in total. The van der Waals surface area contributed by atoms with Crippen LogP contribution in [0.2, 0.25) is 0 Å². The molecular formula is C13H19NO. The summed E-state index contributed by atoms with van der Waals surface area (Å²) in [4.78, 5) is 2.43. The van der Waals surface area contributed by atoms with Crippen molar-refractivity contribution in [3.63, 3.8) is 0 Å². The third kappa shape index (κ3) is 2.72. The van der Waals surface area contributed by atoms with Gasteiger partial charge in [0.25, 0.3) is 0 Å². The Labute approximate surface area is 91.9 Å². The van der Waals surface area contributed by atoms with Crippen LogP contribution in [0.1, 0.15) is 18.9 Å². The highest BCUT2D eigenvalue weighted by Crippen LogP contribution is 2.18. The smallest absolute Gasteiger partial charge is 0.124 e. The highest BCUT2D eigenvalue weighted by Gasteiger charge is 2.27. The predicted molar refractivity (Wildman–Crippen MR) is 62.3 cm³/mol. The van der Waals surface area contributed by atoms with Gasteiger partial charge in [0.1, 0.15) is 11.9 Å². The van der Waals surface area contributed by atoms with E-state index in [4.69, 9.17) is 4.74 Å². The van der Waals surface area contributed by atoms with Gasteiger partial charge in [-0.1, -0.05) is 19.1 Å². The molecule has 0 radical (unpaired) electrons. The topological polar surface area (TPSA) is 12.5 Å². The number of hydrogen-bond donors (Lipinski definition) is 0. The zero-order valence-electron chi connectivity index (χ0n) is 9.57. The van der Waals surface area contributed by atoms with Crippen molar-refractivity contribution in [3.8, 4) is 5.75 Å². The second-order valence-electron chi connectivity index (χ2n) is 4.32. The monoisotopic (exact) mass is 205 g/mol. The van der Waals surface area contributed by atoms with Gasteiger partial charge in [-0.2, -0.15) is 0 Å². The lowest BCUT2D eigenvalue weighted by Crippen LogP contribution is -2.53. The Morgan fingerprint density at radius 2 is 2.20 bits per heavy atom. The van der Waals surface area contributed by atoms with Crippen LogP contribution in [0.3, 0.4) is 0 Å². The summed E-state index contributed by atoms with van der Waals surface area (Å²) in [5, 5.41) is 0. The maximum atomic E-state index is 5.87. The van der Waals surface area contributed by atoms with Crippen molar-refractivity contribution in [2.24, 2.45) is 0 Å². The molecule has 0 saturated carbocycles. The number of benzene rings is 1. The second-order valence-corrected chi connectivity index (χ2v) is 4.32. The molecule has 1 saturated heterocycles. The van der Waals surface area contributed by atoms with Gasteiger partial charge in [-0.25, -0.2) is 0 Å². The minimum absolute atomic E-state index is 0.401. The highest BCUT2D eigenvalue weighted by atomic mass is 16.5. The van der Waals surface area contributed by atoms with Crippen LogP contribution in [0.15, 0.2) is 24.3 Å². The Morgan fingerprint density at radius 1 is 1.40 bits per heavy atom. The lowest BCUT2D eigenvalue weighted by atomic mass is 10.1. The predicted octanol–water partition coefficient (Wildman–Crippen LogP) is 2.47. The van der Waals surface area contributed by atoms with Crippen LogP contribution in [-0.2, 0) is 0 Å². The molecule has 1 aliphatic heterocycles. The fourth-order valence-corrected chi connectivity index (χ4v) is 1.98. The molecule has 0 aromatic heterocycles. The quantitative estimate of drug-likeness (QED) is 0.748. The van der Waals surface area contributed by atoms with Crippen molar-refractivity contribution in [2.45, 2.75) is 26.4 Å². The average molecular weight is 205 g/mol. The number of likely N-dealkylation sites (tertiary alicyclic amines) is 1. The molecule has 1 aromatic rings. The summed E-state index contributed by atoms with van der Waals surface area (Å²) >= 11 is 0. The van der Waals surface area contributed by atoms with E-state index in [0.29, 0.717) is 6.10 Å². The van der Waals surface area contributed by atoms with Gasteiger partial charge in [-0.05, 0) is 37.6 Å². The van der Waals surface area contributed by atoms with Gasteiger partial charge in [0.15, 0.2) is 0 Å². The molecule has 1 aromatic carbocycles. The molecule has 0 unspecified atom stereocenters. The van der Waals surface area contributed by atoms with Gasteiger partial charge in [0, 0.05) is 13.1 Å². The van der Waals surface area contributed by atoms with Crippen LogP contribution in [0, 0.1) is 6.92 Å². The van der Waals surface area contributed by atoms with E-state index in [1.54, 1.807) is 0 Å². The zero-order chi connectivity index (χ0) is 10.7. The Kier molecular flexibility index (Phi) is 3.27. The lowest BCUT2D eigenvalue weighted by molar-refractivity contribution is 0.0202. The lowest BCUT2D eigenvalue weighted by Gasteiger charge is -2.38.